The van der Waals surface area contributed by atoms with E-state index < -0.39 is 0 Å². The van der Waals surface area contributed by atoms with Crippen LogP contribution in [0.5, 0.6) is 5.88 Å². The van der Waals surface area contributed by atoms with Gasteiger partial charge in [-0.2, -0.15) is 0 Å². The van der Waals surface area contributed by atoms with Gasteiger partial charge in [-0.25, -0.2) is 4.63 Å². The topological polar surface area (TPSA) is 59.2 Å². The van der Waals surface area contributed by atoms with E-state index in [1.165, 1.54) is 0 Å². The van der Waals surface area contributed by atoms with Gasteiger partial charge in [0.05, 0.1) is 0 Å². The molecule has 0 atom stereocenters. The van der Waals surface area contributed by atoms with E-state index in [4.69, 9.17) is 5.11 Å². The Hall–Kier alpha value is -1.06. The average Bonchev–Trinajstić information content (AvgIpc) is 1.91. The van der Waals surface area contributed by atoms with Crippen molar-refractivity contribution in [2.45, 2.75) is 6.92 Å². The maximum Gasteiger partial charge on any atom is 0.276 e. The van der Waals surface area contributed by atoms with E-state index in [-0.39, 0.29) is 5.88 Å². The fourth-order valence-electron chi connectivity index (χ4n) is 0.227. The van der Waals surface area contributed by atoms with Gasteiger partial charge in [0.1, 0.15) is 5.69 Å². The van der Waals surface area contributed by atoms with Gasteiger partial charge in [-0.3, -0.25) is 0 Å². The van der Waals surface area contributed by atoms with Crippen LogP contribution < -0.4 is 0 Å². The summed E-state index contributed by atoms with van der Waals surface area (Å²) in [5.74, 6) is -0.139. The van der Waals surface area contributed by atoms with Crippen LogP contribution in [-0.2, 0) is 0 Å². The van der Waals surface area contributed by atoms with Crippen LogP contribution in [0.15, 0.2) is 4.63 Å². The minimum atomic E-state index is -0.139. The summed E-state index contributed by atoms with van der Waals surface area (Å²) in [6.07, 6.45) is 0. The van der Waals surface area contributed by atoms with E-state index in [2.05, 4.69) is 14.9 Å². The molecule has 4 nitrogen and oxygen atoms in total. The fourth-order valence-corrected chi connectivity index (χ4v) is 0.227. The minimum Gasteiger partial charge on any atom is -0.490 e. The molecular weight excluding hydrogens is 96.0 g/mol. The van der Waals surface area contributed by atoms with Gasteiger partial charge < -0.3 is 5.11 Å². The third-order valence-electron chi connectivity index (χ3n) is 0.629. The highest BCUT2D eigenvalue weighted by atomic mass is 16.6. The van der Waals surface area contributed by atoms with Gasteiger partial charge >= 0.3 is 0 Å². The number of aromatic nitrogens is 2. The molecule has 1 rings (SSSR count). The van der Waals surface area contributed by atoms with Gasteiger partial charge in [0.2, 0.25) is 0 Å². The van der Waals surface area contributed by atoms with Crippen molar-refractivity contribution in [2.75, 3.05) is 0 Å². The molecule has 0 aliphatic rings. The zero-order valence-electron chi connectivity index (χ0n) is 3.75. The van der Waals surface area contributed by atoms with E-state index in [9.17, 15) is 0 Å². The lowest BCUT2D eigenvalue weighted by Gasteiger charge is -1.71. The van der Waals surface area contributed by atoms with Crippen LogP contribution in [0.1, 0.15) is 5.69 Å². The molecule has 1 aromatic rings. The number of rotatable bonds is 0. The van der Waals surface area contributed by atoms with Gasteiger partial charge in [0.25, 0.3) is 5.88 Å². The highest BCUT2D eigenvalue weighted by Gasteiger charge is 1.97. The third-order valence-corrected chi connectivity index (χ3v) is 0.629. The van der Waals surface area contributed by atoms with E-state index in [1.54, 1.807) is 6.92 Å². The molecule has 0 unspecified atom stereocenters. The zero-order valence-corrected chi connectivity index (χ0v) is 3.75. The highest BCUT2D eigenvalue weighted by molar-refractivity contribution is 5.08. The first-order valence-electron chi connectivity index (χ1n) is 1.79. The molecule has 38 valence electrons. The lowest BCUT2D eigenvalue weighted by Crippen LogP contribution is -1.65. The Morgan fingerprint density at radius 1 is 1.57 bits per heavy atom. The van der Waals surface area contributed by atoms with Crippen molar-refractivity contribution in [1.82, 2.24) is 10.3 Å². The largest absolute Gasteiger partial charge is 0.490 e. The SMILES string of the molecule is Cc1nonc1O. The molecule has 0 bridgehead atoms. The van der Waals surface area contributed by atoms with Crippen molar-refractivity contribution in [3.05, 3.63) is 5.69 Å². The van der Waals surface area contributed by atoms with Crippen molar-refractivity contribution < 1.29 is 9.74 Å². The second-order valence-corrected chi connectivity index (χ2v) is 1.17. The molecule has 0 saturated heterocycles. The molecule has 0 amide bonds. The summed E-state index contributed by atoms with van der Waals surface area (Å²) in [6, 6.07) is 0. The van der Waals surface area contributed by atoms with Crippen LogP contribution in [0.4, 0.5) is 0 Å². The van der Waals surface area contributed by atoms with Crippen LogP contribution >= 0.6 is 0 Å². The number of aromatic hydroxyl groups is 1. The van der Waals surface area contributed by atoms with E-state index >= 15 is 0 Å². The summed E-state index contributed by atoms with van der Waals surface area (Å²) in [6.45, 7) is 1.60. The molecule has 0 saturated carbocycles. The molecule has 0 aromatic carbocycles. The second kappa shape index (κ2) is 1.22. The smallest absolute Gasteiger partial charge is 0.276 e. The Labute approximate surface area is 39.7 Å². The predicted molar refractivity (Wildman–Crippen MR) is 20.7 cm³/mol. The molecule has 1 N–H and O–H groups in total. The fraction of sp³-hybridized carbons (Fsp3) is 0.333. The summed E-state index contributed by atoms with van der Waals surface area (Å²) < 4.78 is 4.09. The predicted octanol–water partition coefficient (Wildman–Crippen LogP) is 0.0836. The summed E-state index contributed by atoms with van der Waals surface area (Å²) in [4.78, 5) is 0. The summed E-state index contributed by atoms with van der Waals surface area (Å²) in [5, 5.41) is 14.9. The molecule has 0 fully saturated rings. The Balaban J connectivity index is 3.12. The van der Waals surface area contributed by atoms with Gasteiger partial charge in [-0.05, 0) is 12.1 Å². The van der Waals surface area contributed by atoms with Gasteiger partial charge in [-0.1, -0.05) is 5.16 Å². The minimum absolute atomic E-state index is 0.139. The Kier molecular flexibility index (Phi) is 0.714. The molecule has 0 aliphatic heterocycles. The Morgan fingerprint density at radius 2 is 2.29 bits per heavy atom. The van der Waals surface area contributed by atoms with E-state index in [0.29, 0.717) is 5.69 Å². The molecular formula is C3H4N2O2. The third kappa shape index (κ3) is 0.534. The van der Waals surface area contributed by atoms with Gasteiger partial charge in [0, 0.05) is 0 Å². The Morgan fingerprint density at radius 3 is 2.43 bits per heavy atom. The molecule has 0 spiro atoms. The Bertz CT molecular complexity index is 143. The normalized spacial score (nSPS) is 9.29. The first-order valence-corrected chi connectivity index (χ1v) is 1.79. The lowest BCUT2D eigenvalue weighted by molar-refractivity contribution is 0.286. The van der Waals surface area contributed by atoms with Crippen LogP contribution in [-0.4, -0.2) is 15.4 Å². The van der Waals surface area contributed by atoms with Crippen LogP contribution in [0.3, 0.4) is 0 Å². The number of aryl methyl sites for hydroxylation is 1. The number of hydrogen-bond acceptors (Lipinski definition) is 4. The molecule has 1 heterocycles. The quantitative estimate of drug-likeness (QED) is 0.501. The maximum absolute atomic E-state index is 8.49. The van der Waals surface area contributed by atoms with Gasteiger partial charge in [-0.15, -0.1) is 0 Å². The number of nitrogens with zero attached hydrogens (tertiary/aromatic N) is 2. The second-order valence-electron chi connectivity index (χ2n) is 1.17. The summed E-state index contributed by atoms with van der Waals surface area (Å²) >= 11 is 0. The molecule has 0 aliphatic carbocycles. The average molecular weight is 100 g/mol. The van der Waals surface area contributed by atoms with Crippen molar-refractivity contribution in [3.63, 3.8) is 0 Å². The lowest BCUT2D eigenvalue weighted by atomic mass is 10.5. The number of hydrogen-bond donors (Lipinski definition) is 1. The van der Waals surface area contributed by atoms with E-state index in [0.717, 1.165) is 0 Å². The summed E-state index contributed by atoms with van der Waals surface area (Å²) in [7, 11) is 0. The maximum atomic E-state index is 8.49. The molecule has 7 heavy (non-hydrogen) atoms. The first kappa shape index (κ1) is 4.11. The van der Waals surface area contributed by atoms with Crippen molar-refractivity contribution in [2.24, 2.45) is 0 Å². The van der Waals surface area contributed by atoms with Crippen LogP contribution in [0, 0.1) is 6.92 Å². The highest BCUT2D eigenvalue weighted by Crippen LogP contribution is 2.05. The van der Waals surface area contributed by atoms with Crippen LogP contribution in [0.25, 0.3) is 0 Å². The summed E-state index contributed by atoms with van der Waals surface area (Å²) in [5.41, 5.74) is 0.417. The van der Waals surface area contributed by atoms with Crippen molar-refractivity contribution in [3.8, 4) is 5.88 Å². The van der Waals surface area contributed by atoms with Crippen molar-refractivity contribution in [1.29, 1.82) is 0 Å². The van der Waals surface area contributed by atoms with E-state index in [1.807, 2.05) is 0 Å². The standard InChI is InChI=1S/C3H4N2O2/c1-2-3(6)5-7-4-2/h1H3,(H,5,6). The zero-order chi connectivity index (χ0) is 5.28. The molecule has 4 heteroatoms. The van der Waals surface area contributed by atoms with Gasteiger partial charge in [0.15, 0.2) is 0 Å². The molecule has 0 radical (unpaired) electrons. The molecule has 1 aromatic heterocycles. The van der Waals surface area contributed by atoms with Crippen molar-refractivity contribution >= 4 is 0 Å². The van der Waals surface area contributed by atoms with Crippen LogP contribution in [0.2, 0.25) is 0 Å². The monoisotopic (exact) mass is 100 g/mol. The first-order chi connectivity index (χ1) is 3.30.